The third-order valence-electron chi connectivity index (χ3n) is 4.08. The van der Waals surface area contributed by atoms with Crippen molar-refractivity contribution in [2.75, 3.05) is 0 Å². The fourth-order valence-corrected chi connectivity index (χ4v) is 2.87. The summed E-state index contributed by atoms with van der Waals surface area (Å²) in [5.74, 6) is 0.0683. The first kappa shape index (κ1) is 19.8. The lowest BCUT2D eigenvalue weighted by atomic mass is 10.0. The van der Waals surface area contributed by atoms with Gasteiger partial charge in [-0.15, -0.1) is 0 Å². The van der Waals surface area contributed by atoms with Crippen LogP contribution in [0.3, 0.4) is 0 Å². The van der Waals surface area contributed by atoms with Gasteiger partial charge >= 0.3 is 5.97 Å². The summed E-state index contributed by atoms with van der Waals surface area (Å²) in [6, 6.07) is 20.0. The Labute approximate surface area is 169 Å². The number of rotatable bonds is 7. The molecule has 0 saturated carbocycles. The molecule has 3 rings (SSSR count). The molecule has 144 valence electrons. The molecule has 0 unspecified atom stereocenters. The molecule has 0 radical (unpaired) electrons. The highest BCUT2D eigenvalue weighted by Crippen LogP contribution is 2.29. The Balaban J connectivity index is 1.80. The van der Waals surface area contributed by atoms with E-state index in [4.69, 9.17) is 21.1 Å². The predicted octanol–water partition coefficient (Wildman–Crippen LogP) is 6.07. The van der Waals surface area contributed by atoms with Gasteiger partial charge in [-0.25, -0.2) is 4.79 Å². The van der Waals surface area contributed by atoms with E-state index in [0.717, 1.165) is 22.4 Å². The van der Waals surface area contributed by atoms with Crippen molar-refractivity contribution in [3.63, 3.8) is 0 Å². The Hall–Kier alpha value is -2.98. The molecular weight excluding hydrogens is 376 g/mol. The number of carboxylic acid groups (broad SMARTS) is 1. The lowest BCUT2D eigenvalue weighted by Gasteiger charge is -2.12. The van der Waals surface area contributed by atoms with Crippen molar-refractivity contribution in [2.24, 2.45) is 0 Å². The molecule has 0 aromatic heterocycles. The second-order valence-corrected chi connectivity index (χ2v) is 7.06. The van der Waals surface area contributed by atoms with Crippen molar-refractivity contribution in [1.82, 2.24) is 0 Å². The van der Waals surface area contributed by atoms with E-state index >= 15 is 0 Å². The van der Waals surface area contributed by atoms with E-state index in [9.17, 15) is 9.90 Å². The Morgan fingerprint density at radius 3 is 2.21 bits per heavy atom. The molecule has 28 heavy (non-hydrogen) atoms. The molecule has 0 spiro atoms. The summed E-state index contributed by atoms with van der Waals surface area (Å²) in [5.41, 5.74) is 2.73. The number of ether oxygens (including phenoxy) is 2. The molecule has 0 amide bonds. The second-order valence-electron chi connectivity index (χ2n) is 6.62. The summed E-state index contributed by atoms with van der Waals surface area (Å²) >= 11 is 5.88. The van der Waals surface area contributed by atoms with E-state index in [1.54, 1.807) is 24.3 Å². The van der Waals surface area contributed by atoms with Gasteiger partial charge in [0.2, 0.25) is 0 Å². The highest BCUT2D eigenvalue weighted by Gasteiger charge is 2.14. The van der Waals surface area contributed by atoms with Gasteiger partial charge in [-0.3, -0.25) is 0 Å². The van der Waals surface area contributed by atoms with Crippen LogP contribution in [0.4, 0.5) is 0 Å². The number of hydrogen-bond acceptors (Lipinski definition) is 3. The maximum absolute atomic E-state index is 11.7. The summed E-state index contributed by atoms with van der Waals surface area (Å²) in [6.07, 6.45) is 0.0986. The van der Waals surface area contributed by atoms with Gasteiger partial charge in [0, 0.05) is 5.02 Å². The molecule has 0 heterocycles. The zero-order valence-corrected chi connectivity index (χ0v) is 16.4. The molecule has 0 fully saturated rings. The molecule has 4 nitrogen and oxygen atoms in total. The van der Waals surface area contributed by atoms with Crippen molar-refractivity contribution in [2.45, 2.75) is 26.6 Å². The van der Waals surface area contributed by atoms with Crippen LogP contribution < -0.4 is 9.47 Å². The van der Waals surface area contributed by atoms with Crippen LogP contribution in [0.15, 0.2) is 66.7 Å². The molecule has 0 aliphatic rings. The second kappa shape index (κ2) is 8.81. The smallest absolute Gasteiger partial charge is 0.339 e. The largest absolute Gasteiger partial charge is 0.491 e. The SMILES string of the molecule is CC(C)Oc1ccc(-c2ccc(OCc3ccc(Cl)cc3)c(C(=O)O)c2)cc1. The highest BCUT2D eigenvalue weighted by molar-refractivity contribution is 6.30. The predicted molar refractivity (Wildman–Crippen MR) is 110 cm³/mol. The van der Waals surface area contributed by atoms with E-state index in [1.165, 1.54) is 0 Å². The van der Waals surface area contributed by atoms with Gasteiger partial charge in [-0.2, -0.15) is 0 Å². The minimum absolute atomic E-state index is 0.0986. The Morgan fingerprint density at radius 1 is 0.964 bits per heavy atom. The average molecular weight is 397 g/mol. The Morgan fingerprint density at radius 2 is 1.61 bits per heavy atom. The summed E-state index contributed by atoms with van der Waals surface area (Å²) in [6.45, 7) is 4.20. The topological polar surface area (TPSA) is 55.8 Å². The van der Waals surface area contributed by atoms with Crippen molar-refractivity contribution < 1.29 is 19.4 Å². The number of benzene rings is 3. The quantitative estimate of drug-likeness (QED) is 0.526. The van der Waals surface area contributed by atoms with Crippen LogP contribution in [-0.2, 0) is 6.61 Å². The van der Waals surface area contributed by atoms with E-state index in [-0.39, 0.29) is 18.3 Å². The molecule has 0 saturated heterocycles. The third kappa shape index (κ3) is 5.05. The van der Waals surface area contributed by atoms with E-state index in [1.807, 2.05) is 56.3 Å². The van der Waals surface area contributed by atoms with Crippen molar-refractivity contribution in [3.05, 3.63) is 82.9 Å². The highest BCUT2D eigenvalue weighted by atomic mass is 35.5. The first-order valence-corrected chi connectivity index (χ1v) is 9.32. The summed E-state index contributed by atoms with van der Waals surface area (Å²) in [4.78, 5) is 11.7. The van der Waals surface area contributed by atoms with Crippen LogP contribution in [-0.4, -0.2) is 17.2 Å². The zero-order valence-electron chi connectivity index (χ0n) is 15.7. The minimum atomic E-state index is -1.03. The number of carboxylic acids is 1. The number of hydrogen-bond donors (Lipinski definition) is 1. The van der Waals surface area contributed by atoms with Gasteiger partial charge in [0.05, 0.1) is 6.10 Å². The lowest BCUT2D eigenvalue weighted by Crippen LogP contribution is -2.05. The van der Waals surface area contributed by atoms with Gasteiger partial charge in [0.1, 0.15) is 23.7 Å². The number of carbonyl (C=O) groups is 1. The summed E-state index contributed by atoms with van der Waals surface area (Å²) in [7, 11) is 0. The monoisotopic (exact) mass is 396 g/mol. The van der Waals surface area contributed by atoms with E-state index in [0.29, 0.717) is 10.8 Å². The Kier molecular flexibility index (Phi) is 6.22. The molecule has 3 aromatic carbocycles. The van der Waals surface area contributed by atoms with Gasteiger partial charge in [0.25, 0.3) is 0 Å². The van der Waals surface area contributed by atoms with Crippen LogP contribution in [0.5, 0.6) is 11.5 Å². The van der Waals surface area contributed by atoms with Crippen LogP contribution in [0.2, 0.25) is 5.02 Å². The molecule has 5 heteroatoms. The number of aromatic carboxylic acids is 1. The van der Waals surface area contributed by atoms with Crippen molar-refractivity contribution >= 4 is 17.6 Å². The maximum Gasteiger partial charge on any atom is 0.339 e. The molecule has 0 bridgehead atoms. The van der Waals surface area contributed by atoms with Crippen molar-refractivity contribution in [3.8, 4) is 22.6 Å². The summed E-state index contributed by atoms with van der Waals surface area (Å²) < 4.78 is 11.4. The molecule has 1 N–H and O–H groups in total. The Bertz CT molecular complexity index is 947. The van der Waals surface area contributed by atoms with E-state index in [2.05, 4.69) is 0 Å². The standard InChI is InChI=1S/C23H21ClO4/c1-15(2)28-20-10-5-17(6-11-20)18-7-12-22(21(13-18)23(25)26)27-14-16-3-8-19(24)9-4-16/h3-13,15H,14H2,1-2H3,(H,25,26). The van der Waals surface area contributed by atoms with Crippen LogP contribution in [0.25, 0.3) is 11.1 Å². The van der Waals surface area contributed by atoms with Crippen LogP contribution in [0.1, 0.15) is 29.8 Å². The van der Waals surface area contributed by atoms with Gasteiger partial charge in [0.15, 0.2) is 0 Å². The molecule has 0 aliphatic carbocycles. The molecule has 0 aliphatic heterocycles. The summed E-state index contributed by atoms with van der Waals surface area (Å²) in [5, 5.41) is 10.2. The fraction of sp³-hybridized carbons (Fsp3) is 0.174. The third-order valence-corrected chi connectivity index (χ3v) is 4.33. The first-order valence-electron chi connectivity index (χ1n) is 8.94. The zero-order chi connectivity index (χ0) is 20.1. The van der Waals surface area contributed by atoms with Gasteiger partial charge < -0.3 is 14.6 Å². The first-order chi connectivity index (χ1) is 13.4. The van der Waals surface area contributed by atoms with Crippen LogP contribution >= 0.6 is 11.6 Å². The molecule has 0 atom stereocenters. The van der Waals surface area contributed by atoms with Crippen molar-refractivity contribution in [1.29, 1.82) is 0 Å². The lowest BCUT2D eigenvalue weighted by molar-refractivity contribution is 0.0692. The fourth-order valence-electron chi connectivity index (χ4n) is 2.74. The minimum Gasteiger partial charge on any atom is -0.491 e. The van der Waals surface area contributed by atoms with Gasteiger partial charge in [-0.1, -0.05) is 41.9 Å². The maximum atomic E-state index is 11.7. The average Bonchev–Trinajstić information content (AvgIpc) is 2.67. The number of halogens is 1. The molecule has 3 aromatic rings. The van der Waals surface area contributed by atoms with Gasteiger partial charge in [-0.05, 0) is 66.9 Å². The molecular formula is C23H21ClO4. The van der Waals surface area contributed by atoms with E-state index < -0.39 is 5.97 Å². The van der Waals surface area contributed by atoms with Crippen LogP contribution in [0, 0.1) is 0 Å². The normalized spacial score (nSPS) is 10.7.